The molecule has 0 radical (unpaired) electrons. The minimum absolute atomic E-state index is 0.108. The van der Waals surface area contributed by atoms with E-state index >= 15 is 0 Å². The third kappa shape index (κ3) is 3.49. The summed E-state index contributed by atoms with van der Waals surface area (Å²) >= 11 is 0. The highest BCUT2D eigenvalue weighted by molar-refractivity contribution is 5.95. The first-order chi connectivity index (χ1) is 9.88. The Kier molecular flexibility index (Phi) is 4.42. The molecule has 2 N–H and O–H groups in total. The maximum atomic E-state index is 12.5. The van der Waals surface area contributed by atoms with Gasteiger partial charge in [-0.05, 0) is 25.5 Å². The van der Waals surface area contributed by atoms with Gasteiger partial charge in [-0.25, -0.2) is 0 Å². The van der Waals surface area contributed by atoms with E-state index in [2.05, 4.69) is 4.98 Å². The summed E-state index contributed by atoms with van der Waals surface area (Å²) in [5.41, 5.74) is 0.998. The van der Waals surface area contributed by atoms with Gasteiger partial charge < -0.3 is 19.7 Å². The number of aromatic nitrogens is 1. The van der Waals surface area contributed by atoms with E-state index in [4.69, 9.17) is 9.84 Å². The van der Waals surface area contributed by atoms with E-state index in [9.17, 15) is 14.4 Å². The molecule has 0 spiro atoms. The van der Waals surface area contributed by atoms with Gasteiger partial charge in [0.25, 0.3) is 11.5 Å². The normalized spacial score (nSPS) is 18.6. The van der Waals surface area contributed by atoms with Crippen molar-refractivity contribution in [1.82, 2.24) is 9.88 Å². The van der Waals surface area contributed by atoms with Crippen molar-refractivity contribution in [2.24, 2.45) is 0 Å². The lowest BCUT2D eigenvalue weighted by Crippen LogP contribution is -2.47. The van der Waals surface area contributed by atoms with Crippen molar-refractivity contribution in [3.8, 4) is 0 Å². The average Bonchev–Trinajstić information content (AvgIpc) is 2.36. The molecule has 1 amide bonds. The lowest BCUT2D eigenvalue weighted by molar-refractivity contribution is -0.141. The number of nitrogens with one attached hydrogen (secondary N) is 1. The van der Waals surface area contributed by atoms with Crippen LogP contribution >= 0.6 is 0 Å². The molecule has 1 aliphatic rings. The third-order valence-corrected chi connectivity index (χ3v) is 3.41. The molecular formula is C14H18N2O5. The van der Waals surface area contributed by atoms with Gasteiger partial charge in [-0.2, -0.15) is 0 Å². The van der Waals surface area contributed by atoms with E-state index in [0.29, 0.717) is 17.8 Å². The van der Waals surface area contributed by atoms with Crippen LogP contribution in [0.3, 0.4) is 0 Å². The van der Waals surface area contributed by atoms with Gasteiger partial charge in [0, 0.05) is 18.8 Å². The van der Waals surface area contributed by atoms with Crippen LogP contribution in [-0.2, 0) is 9.53 Å². The minimum atomic E-state index is -0.973. The molecule has 7 heteroatoms. The van der Waals surface area contributed by atoms with E-state index in [1.165, 1.54) is 4.90 Å². The van der Waals surface area contributed by atoms with Crippen LogP contribution in [0.1, 0.15) is 28.0 Å². The number of pyridine rings is 1. The Morgan fingerprint density at radius 3 is 2.81 bits per heavy atom. The molecule has 0 aliphatic carbocycles. The summed E-state index contributed by atoms with van der Waals surface area (Å²) in [4.78, 5) is 39.3. The Hall–Kier alpha value is -2.15. The maximum Gasteiger partial charge on any atom is 0.306 e. The average molecular weight is 294 g/mol. The van der Waals surface area contributed by atoms with Crippen LogP contribution in [-0.4, -0.2) is 52.7 Å². The molecule has 1 unspecified atom stereocenters. The fourth-order valence-electron chi connectivity index (χ4n) is 2.50. The second-order valence-electron chi connectivity index (χ2n) is 5.18. The number of aromatic amines is 1. The number of amides is 1. The molecule has 0 bridgehead atoms. The highest BCUT2D eigenvalue weighted by Gasteiger charge is 2.28. The number of carbonyl (C=O) groups is 2. The molecule has 1 atom stereocenters. The zero-order valence-electron chi connectivity index (χ0n) is 12.0. The standard InChI is InChI=1S/C14H18N2O5/c1-8-5-9(2)15-13(19)12(8)14(20)16-3-4-21-10(7-16)6-11(17)18/h5,10H,3-4,6-7H2,1-2H3,(H,15,19)(H,17,18). The molecule has 2 heterocycles. The van der Waals surface area contributed by atoms with Crippen molar-refractivity contribution in [2.75, 3.05) is 19.7 Å². The number of hydrogen-bond acceptors (Lipinski definition) is 4. The molecule has 2 rings (SSSR count). The van der Waals surface area contributed by atoms with Crippen LogP contribution in [0.5, 0.6) is 0 Å². The van der Waals surface area contributed by atoms with Crippen molar-refractivity contribution in [3.05, 3.63) is 33.2 Å². The summed E-state index contributed by atoms with van der Waals surface area (Å²) in [5.74, 6) is -1.36. The lowest BCUT2D eigenvalue weighted by atomic mass is 10.1. The zero-order chi connectivity index (χ0) is 15.6. The van der Waals surface area contributed by atoms with Gasteiger partial charge in [0.05, 0.1) is 19.1 Å². The van der Waals surface area contributed by atoms with E-state index in [-0.39, 0.29) is 31.0 Å². The third-order valence-electron chi connectivity index (χ3n) is 3.41. The molecule has 0 saturated carbocycles. The summed E-state index contributed by atoms with van der Waals surface area (Å²) in [6.07, 6.45) is -0.697. The fraction of sp³-hybridized carbons (Fsp3) is 0.500. The molecular weight excluding hydrogens is 276 g/mol. The predicted octanol–water partition coefficient (Wildman–Crippen LogP) is 0.307. The summed E-state index contributed by atoms with van der Waals surface area (Å²) < 4.78 is 5.32. The number of carboxylic acid groups (broad SMARTS) is 1. The van der Waals surface area contributed by atoms with E-state index < -0.39 is 17.6 Å². The smallest absolute Gasteiger partial charge is 0.306 e. The summed E-state index contributed by atoms with van der Waals surface area (Å²) in [7, 11) is 0. The molecule has 1 aromatic heterocycles. The Labute approximate surface area is 121 Å². The summed E-state index contributed by atoms with van der Waals surface area (Å²) in [5, 5.41) is 8.79. The minimum Gasteiger partial charge on any atom is -0.481 e. The first-order valence-electron chi connectivity index (χ1n) is 6.71. The Morgan fingerprint density at radius 1 is 1.48 bits per heavy atom. The molecule has 21 heavy (non-hydrogen) atoms. The Bertz CT molecular complexity index is 622. The fourth-order valence-corrected chi connectivity index (χ4v) is 2.50. The monoisotopic (exact) mass is 294 g/mol. The highest BCUT2D eigenvalue weighted by atomic mass is 16.5. The Morgan fingerprint density at radius 2 is 2.19 bits per heavy atom. The van der Waals surface area contributed by atoms with Crippen LogP contribution < -0.4 is 5.56 Å². The molecule has 1 saturated heterocycles. The second-order valence-corrected chi connectivity index (χ2v) is 5.18. The van der Waals surface area contributed by atoms with Crippen LogP contribution in [0.15, 0.2) is 10.9 Å². The van der Waals surface area contributed by atoms with Gasteiger partial charge in [0.15, 0.2) is 0 Å². The van der Waals surface area contributed by atoms with Crippen molar-refractivity contribution in [3.63, 3.8) is 0 Å². The lowest BCUT2D eigenvalue weighted by Gasteiger charge is -2.32. The quantitative estimate of drug-likeness (QED) is 0.835. The predicted molar refractivity (Wildman–Crippen MR) is 74.4 cm³/mol. The first-order valence-corrected chi connectivity index (χ1v) is 6.71. The first kappa shape index (κ1) is 15.2. The second kappa shape index (κ2) is 6.09. The van der Waals surface area contributed by atoms with Crippen LogP contribution in [0.2, 0.25) is 0 Å². The number of aliphatic carboxylic acids is 1. The van der Waals surface area contributed by atoms with Crippen LogP contribution in [0, 0.1) is 13.8 Å². The number of morpholine rings is 1. The number of nitrogens with zero attached hydrogens (tertiary/aromatic N) is 1. The Balaban J connectivity index is 2.20. The van der Waals surface area contributed by atoms with E-state index in [1.54, 1.807) is 19.9 Å². The molecule has 1 aliphatic heterocycles. The maximum absolute atomic E-state index is 12.5. The van der Waals surface area contributed by atoms with E-state index in [1.807, 2.05) is 0 Å². The summed E-state index contributed by atoms with van der Waals surface area (Å²) in [6.45, 7) is 4.26. The van der Waals surface area contributed by atoms with Crippen LogP contribution in [0.4, 0.5) is 0 Å². The van der Waals surface area contributed by atoms with Crippen molar-refractivity contribution < 1.29 is 19.4 Å². The largest absolute Gasteiger partial charge is 0.481 e. The van der Waals surface area contributed by atoms with Gasteiger partial charge in [0.1, 0.15) is 5.56 Å². The van der Waals surface area contributed by atoms with Gasteiger partial charge >= 0.3 is 5.97 Å². The number of ether oxygens (including phenoxy) is 1. The number of rotatable bonds is 3. The number of H-pyrrole nitrogens is 1. The van der Waals surface area contributed by atoms with Crippen LogP contribution in [0.25, 0.3) is 0 Å². The SMILES string of the molecule is Cc1cc(C)c(C(=O)N2CCOC(CC(=O)O)C2)c(=O)[nH]1. The molecule has 1 fully saturated rings. The highest BCUT2D eigenvalue weighted by Crippen LogP contribution is 2.13. The molecule has 1 aromatic rings. The zero-order valence-corrected chi connectivity index (χ0v) is 12.0. The van der Waals surface area contributed by atoms with Crippen molar-refractivity contribution in [1.29, 1.82) is 0 Å². The number of aryl methyl sites for hydroxylation is 2. The number of carbonyl (C=O) groups excluding carboxylic acids is 1. The van der Waals surface area contributed by atoms with Gasteiger partial charge in [-0.1, -0.05) is 0 Å². The van der Waals surface area contributed by atoms with Crippen molar-refractivity contribution in [2.45, 2.75) is 26.4 Å². The topological polar surface area (TPSA) is 99.7 Å². The number of hydrogen-bond donors (Lipinski definition) is 2. The molecule has 0 aromatic carbocycles. The number of carboxylic acids is 1. The van der Waals surface area contributed by atoms with Gasteiger partial charge in [-0.15, -0.1) is 0 Å². The molecule has 7 nitrogen and oxygen atoms in total. The summed E-state index contributed by atoms with van der Waals surface area (Å²) in [6, 6.07) is 1.74. The van der Waals surface area contributed by atoms with E-state index in [0.717, 1.165) is 0 Å². The van der Waals surface area contributed by atoms with Gasteiger partial charge in [-0.3, -0.25) is 14.4 Å². The van der Waals surface area contributed by atoms with Gasteiger partial charge in [0.2, 0.25) is 0 Å². The molecule has 114 valence electrons. The van der Waals surface area contributed by atoms with Crippen molar-refractivity contribution >= 4 is 11.9 Å².